The number of carbonyl (C=O) groups is 2. The second kappa shape index (κ2) is 7.11. The zero-order valence-electron chi connectivity index (χ0n) is 11.0. The molecule has 1 atom stereocenters. The molecule has 0 radical (unpaired) electrons. The van der Waals surface area contributed by atoms with E-state index in [2.05, 4.69) is 10.6 Å². The third kappa shape index (κ3) is 4.54. The summed E-state index contributed by atoms with van der Waals surface area (Å²) in [5, 5.41) is 6.09. The standard InChI is InChI=1S/C13H18ClN3O2/c1-3-16-7-8(2)13(19)17-9-4-5-11(14)10(6-9)12(15)18/h4-6,8,16H,3,7H2,1-2H3,(H2,15,18)(H,17,19). The van der Waals surface area contributed by atoms with Crippen LogP contribution in [-0.2, 0) is 4.79 Å². The molecule has 1 aromatic rings. The lowest BCUT2D eigenvalue weighted by Crippen LogP contribution is -2.30. The molecule has 2 amide bonds. The van der Waals surface area contributed by atoms with Gasteiger partial charge in [-0.25, -0.2) is 0 Å². The Labute approximate surface area is 117 Å². The highest BCUT2D eigenvalue weighted by molar-refractivity contribution is 6.33. The number of anilines is 1. The summed E-state index contributed by atoms with van der Waals surface area (Å²) >= 11 is 5.84. The molecule has 0 aromatic heterocycles. The van der Waals surface area contributed by atoms with Crippen LogP contribution >= 0.6 is 11.6 Å². The molecule has 0 aliphatic carbocycles. The van der Waals surface area contributed by atoms with Gasteiger partial charge in [0, 0.05) is 18.2 Å². The summed E-state index contributed by atoms with van der Waals surface area (Å²) < 4.78 is 0. The molecule has 0 fully saturated rings. The lowest BCUT2D eigenvalue weighted by atomic mass is 10.1. The fraction of sp³-hybridized carbons (Fsp3) is 0.385. The third-order valence-corrected chi connectivity index (χ3v) is 2.98. The van der Waals surface area contributed by atoms with E-state index in [1.807, 2.05) is 13.8 Å². The highest BCUT2D eigenvalue weighted by Crippen LogP contribution is 2.20. The molecule has 0 spiro atoms. The molecule has 5 nitrogen and oxygen atoms in total. The molecule has 1 aromatic carbocycles. The molecule has 6 heteroatoms. The lowest BCUT2D eigenvalue weighted by molar-refractivity contribution is -0.119. The molecule has 0 saturated carbocycles. The van der Waals surface area contributed by atoms with Gasteiger partial charge in [0.15, 0.2) is 0 Å². The normalized spacial score (nSPS) is 11.9. The highest BCUT2D eigenvalue weighted by atomic mass is 35.5. The molecule has 4 N–H and O–H groups in total. The second-order valence-electron chi connectivity index (χ2n) is 4.26. The van der Waals surface area contributed by atoms with Crippen molar-refractivity contribution in [3.8, 4) is 0 Å². The lowest BCUT2D eigenvalue weighted by Gasteiger charge is -2.13. The zero-order valence-corrected chi connectivity index (χ0v) is 11.8. The Balaban J connectivity index is 2.74. The first-order chi connectivity index (χ1) is 8.95. The van der Waals surface area contributed by atoms with Gasteiger partial charge in [0.1, 0.15) is 0 Å². The average molecular weight is 284 g/mol. The Kier molecular flexibility index (Phi) is 5.79. The van der Waals surface area contributed by atoms with Crippen molar-refractivity contribution in [1.29, 1.82) is 0 Å². The van der Waals surface area contributed by atoms with Crippen LogP contribution < -0.4 is 16.4 Å². The minimum atomic E-state index is -0.623. The summed E-state index contributed by atoms with van der Waals surface area (Å²) in [5.41, 5.74) is 5.89. The molecular weight excluding hydrogens is 266 g/mol. The first kappa shape index (κ1) is 15.5. The van der Waals surface area contributed by atoms with Gasteiger partial charge in [0.05, 0.1) is 10.6 Å². The van der Waals surface area contributed by atoms with E-state index in [1.165, 1.54) is 12.1 Å². The number of amides is 2. The summed E-state index contributed by atoms with van der Waals surface area (Å²) in [6.07, 6.45) is 0. The summed E-state index contributed by atoms with van der Waals surface area (Å²) in [7, 11) is 0. The first-order valence-electron chi connectivity index (χ1n) is 6.06. The van der Waals surface area contributed by atoms with Crippen LogP contribution in [0.3, 0.4) is 0 Å². The fourth-order valence-corrected chi connectivity index (χ4v) is 1.72. The summed E-state index contributed by atoms with van der Waals surface area (Å²) in [4.78, 5) is 23.0. The van der Waals surface area contributed by atoms with Gasteiger partial charge in [-0.05, 0) is 24.7 Å². The summed E-state index contributed by atoms with van der Waals surface area (Å²) in [6.45, 7) is 5.20. The molecule has 1 rings (SSSR count). The molecular formula is C13H18ClN3O2. The van der Waals surface area contributed by atoms with Crippen LogP contribution in [0, 0.1) is 5.92 Å². The average Bonchev–Trinajstić information content (AvgIpc) is 2.37. The molecule has 1 unspecified atom stereocenters. The number of hydrogen-bond acceptors (Lipinski definition) is 3. The Morgan fingerprint density at radius 3 is 2.68 bits per heavy atom. The quantitative estimate of drug-likeness (QED) is 0.742. The van der Waals surface area contributed by atoms with Gasteiger partial charge in [0.25, 0.3) is 0 Å². The van der Waals surface area contributed by atoms with E-state index in [0.29, 0.717) is 12.2 Å². The van der Waals surface area contributed by atoms with Crippen LogP contribution in [0.1, 0.15) is 24.2 Å². The van der Waals surface area contributed by atoms with E-state index >= 15 is 0 Å². The van der Waals surface area contributed by atoms with Gasteiger partial charge < -0.3 is 16.4 Å². The van der Waals surface area contributed by atoms with Crippen molar-refractivity contribution >= 4 is 29.1 Å². The van der Waals surface area contributed by atoms with Gasteiger partial charge >= 0.3 is 0 Å². The highest BCUT2D eigenvalue weighted by Gasteiger charge is 2.14. The van der Waals surface area contributed by atoms with Crippen LogP contribution in [0.15, 0.2) is 18.2 Å². The van der Waals surface area contributed by atoms with E-state index in [4.69, 9.17) is 17.3 Å². The van der Waals surface area contributed by atoms with Crippen molar-refractivity contribution in [2.24, 2.45) is 11.7 Å². The monoisotopic (exact) mass is 283 g/mol. The minimum Gasteiger partial charge on any atom is -0.366 e. The molecule has 0 aliphatic rings. The molecule has 19 heavy (non-hydrogen) atoms. The van der Waals surface area contributed by atoms with Gasteiger partial charge in [-0.2, -0.15) is 0 Å². The van der Waals surface area contributed by atoms with Crippen LogP contribution in [0.5, 0.6) is 0 Å². The fourth-order valence-electron chi connectivity index (χ4n) is 1.51. The predicted octanol–water partition coefficient (Wildman–Crippen LogP) is 1.62. The van der Waals surface area contributed by atoms with Crippen molar-refractivity contribution in [3.05, 3.63) is 28.8 Å². The maximum Gasteiger partial charge on any atom is 0.250 e. The molecule has 104 valence electrons. The number of primary amides is 1. The molecule has 0 aliphatic heterocycles. The first-order valence-corrected chi connectivity index (χ1v) is 6.44. The Morgan fingerprint density at radius 1 is 1.42 bits per heavy atom. The van der Waals surface area contributed by atoms with E-state index in [-0.39, 0.29) is 22.4 Å². The summed E-state index contributed by atoms with van der Waals surface area (Å²) in [6, 6.07) is 4.64. The number of benzene rings is 1. The van der Waals surface area contributed by atoms with Gasteiger partial charge in [-0.3, -0.25) is 9.59 Å². The van der Waals surface area contributed by atoms with Crippen LogP contribution in [0.25, 0.3) is 0 Å². The van der Waals surface area contributed by atoms with Crippen molar-refractivity contribution in [2.75, 3.05) is 18.4 Å². The number of nitrogens with two attached hydrogens (primary N) is 1. The van der Waals surface area contributed by atoms with Crippen LogP contribution in [0.2, 0.25) is 5.02 Å². The number of carbonyl (C=O) groups excluding carboxylic acids is 2. The number of rotatable bonds is 6. The van der Waals surface area contributed by atoms with Gasteiger partial charge in [0.2, 0.25) is 11.8 Å². The Bertz CT molecular complexity index is 477. The molecule has 0 saturated heterocycles. The van der Waals surface area contributed by atoms with E-state index in [1.54, 1.807) is 6.07 Å². The van der Waals surface area contributed by atoms with Crippen molar-refractivity contribution in [3.63, 3.8) is 0 Å². The predicted molar refractivity (Wildman–Crippen MR) is 76.3 cm³/mol. The van der Waals surface area contributed by atoms with Crippen molar-refractivity contribution < 1.29 is 9.59 Å². The van der Waals surface area contributed by atoms with E-state index < -0.39 is 5.91 Å². The molecule has 0 heterocycles. The SMILES string of the molecule is CCNCC(C)C(=O)Nc1ccc(Cl)c(C(N)=O)c1. The largest absolute Gasteiger partial charge is 0.366 e. The van der Waals surface area contributed by atoms with Crippen molar-refractivity contribution in [1.82, 2.24) is 5.32 Å². The summed E-state index contributed by atoms with van der Waals surface area (Å²) in [5.74, 6) is -0.923. The minimum absolute atomic E-state index is 0.126. The number of hydrogen-bond donors (Lipinski definition) is 3. The number of halogens is 1. The third-order valence-electron chi connectivity index (χ3n) is 2.65. The van der Waals surface area contributed by atoms with Crippen molar-refractivity contribution in [2.45, 2.75) is 13.8 Å². The number of nitrogens with one attached hydrogen (secondary N) is 2. The second-order valence-corrected chi connectivity index (χ2v) is 4.66. The van der Waals surface area contributed by atoms with E-state index in [0.717, 1.165) is 6.54 Å². The Hall–Kier alpha value is -1.59. The zero-order chi connectivity index (χ0) is 14.4. The van der Waals surface area contributed by atoms with Crippen LogP contribution in [-0.4, -0.2) is 24.9 Å². The van der Waals surface area contributed by atoms with Gasteiger partial charge in [-0.15, -0.1) is 0 Å². The van der Waals surface area contributed by atoms with Gasteiger partial charge in [-0.1, -0.05) is 25.4 Å². The van der Waals surface area contributed by atoms with E-state index in [9.17, 15) is 9.59 Å². The maximum atomic E-state index is 11.9. The van der Waals surface area contributed by atoms with Crippen LogP contribution in [0.4, 0.5) is 5.69 Å². The smallest absolute Gasteiger partial charge is 0.250 e. The molecule has 0 bridgehead atoms. The maximum absolute atomic E-state index is 11.9. The Morgan fingerprint density at radius 2 is 2.11 bits per heavy atom. The topological polar surface area (TPSA) is 84.2 Å².